The molecule has 6 nitrogen and oxygen atoms in total. The minimum Gasteiger partial charge on any atom is -0.370 e. The largest absolute Gasteiger partial charge is 0.370 e. The second-order valence-corrected chi connectivity index (χ2v) is 8.77. The van der Waals surface area contributed by atoms with E-state index < -0.39 is 21.6 Å². The van der Waals surface area contributed by atoms with Crippen LogP contribution in [0, 0.1) is 5.82 Å². The molecule has 29 heavy (non-hydrogen) atoms. The average Bonchev–Trinajstić information content (AvgIpc) is 2.73. The predicted octanol–water partition coefficient (Wildman–Crippen LogP) is 2.63. The molecule has 1 amide bonds. The third-order valence-electron chi connectivity index (χ3n) is 4.78. The standard InChI is InChI=1S/C21H25FN2O4S/c22-19-10-5-4-9-18(19)16-29(26,27)23-12-6-11-21(25)24-13-14-28-20(15-24)17-7-2-1-3-8-17/h1-5,7-10,20,23H,6,11-16H2. The Kier molecular flexibility index (Phi) is 7.35. The Balaban J connectivity index is 1.43. The summed E-state index contributed by atoms with van der Waals surface area (Å²) < 4.78 is 46.0. The number of sulfonamides is 1. The van der Waals surface area contributed by atoms with Crippen LogP contribution < -0.4 is 4.72 Å². The number of hydrogen-bond acceptors (Lipinski definition) is 4. The number of carbonyl (C=O) groups excluding carboxylic acids is 1. The normalized spacial score (nSPS) is 17.3. The Morgan fingerprint density at radius 2 is 1.86 bits per heavy atom. The molecule has 0 aromatic heterocycles. The van der Waals surface area contributed by atoms with Gasteiger partial charge in [0.1, 0.15) is 11.9 Å². The molecule has 0 spiro atoms. The van der Waals surface area contributed by atoms with E-state index in [2.05, 4.69) is 4.72 Å². The molecule has 3 rings (SSSR count). The van der Waals surface area contributed by atoms with Crippen LogP contribution in [0.15, 0.2) is 54.6 Å². The summed E-state index contributed by atoms with van der Waals surface area (Å²) in [5.74, 6) is -0.994. The van der Waals surface area contributed by atoms with Gasteiger partial charge in [0.2, 0.25) is 15.9 Å². The molecule has 156 valence electrons. The van der Waals surface area contributed by atoms with E-state index in [4.69, 9.17) is 4.74 Å². The lowest BCUT2D eigenvalue weighted by Crippen LogP contribution is -2.42. The van der Waals surface area contributed by atoms with Gasteiger partial charge < -0.3 is 9.64 Å². The molecule has 1 aliphatic heterocycles. The van der Waals surface area contributed by atoms with Gasteiger partial charge in [0.25, 0.3) is 0 Å². The second kappa shape index (κ2) is 9.96. The molecule has 1 fully saturated rings. The van der Waals surface area contributed by atoms with Crippen molar-refractivity contribution in [2.45, 2.75) is 24.7 Å². The number of ether oxygens (including phenoxy) is 1. The summed E-state index contributed by atoms with van der Waals surface area (Å²) in [5, 5.41) is 0. The second-order valence-electron chi connectivity index (χ2n) is 6.96. The lowest BCUT2D eigenvalue weighted by molar-refractivity contribution is -0.139. The molecule has 1 saturated heterocycles. The fourth-order valence-corrected chi connectivity index (χ4v) is 4.44. The topological polar surface area (TPSA) is 75.7 Å². The molecule has 0 saturated carbocycles. The highest BCUT2D eigenvalue weighted by molar-refractivity contribution is 7.88. The van der Waals surface area contributed by atoms with Crippen LogP contribution in [0.3, 0.4) is 0 Å². The highest BCUT2D eigenvalue weighted by Gasteiger charge is 2.25. The van der Waals surface area contributed by atoms with Crippen LogP contribution in [0.1, 0.15) is 30.1 Å². The first-order valence-electron chi connectivity index (χ1n) is 9.60. The molecule has 1 unspecified atom stereocenters. The van der Waals surface area contributed by atoms with E-state index in [1.165, 1.54) is 18.2 Å². The molecular weight excluding hydrogens is 395 g/mol. The minimum absolute atomic E-state index is 0.0254. The SMILES string of the molecule is O=C(CCCNS(=O)(=O)Cc1ccccc1F)N1CCOC(c2ccccc2)C1. The number of morpholine rings is 1. The van der Waals surface area contributed by atoms with E-state index in [0.717, 1.165) is 5.56 Å². The van der Waals surface area contributed by atoms with E-state index in [9.17, 15) is 17.6 Å². The monoisotopic (exact) mass is 420 g/mol. The smallest absolute Gasteiger partial charge is 0.222 e. The maximum atomic E-state index is 13.6. The fourth-order valence-electron chi connectivity index (χ4n) is 3.24. The Bertz CT molecular complexity index is 921. The quantitative estimate of drug-likeness (QED) is 0.666. The van der Waals surface area contributed by atoms with Crippen molar-refractivity contribution >= 4 is 15.9 Å². The van der Waals surface area contributed by atoms with Gasteiger partial charge in [-0.2, -0.15) is 0 Å². The summed E-state index contributed by atoms with van der Waals surface area (Å²) in [6, 6.07) is 15.5. The first kappa shape index (κ1) is 21.4. The van der Waals surface area contributed by atoms with Gasteiger partial charge in [0, 0.05) is 25.1 Å². The van der Waals surface area contributed by atoms with Crippen molar-refractivity contribution in [3.8, 4) is 0 Å². The van der Waals surface area contributed by atoms with Crippen molar-refractivity contribution in [2.75, 3.05) is 26.2 Å². The summed E-state index contributed by atoms with van der Waals surface area (Å²) >= 11 is 0. The van der Waals surface area contributed by atoms with Crippen molar-refractivity contribution in [1.82, 2.24) is 9.62 Å². The average molecular weight is 421 g/mol. The molecule has 0 radical (unpaired) electrons. The van der Waals surface area contributed by atoms with Gasteiger partial charge in [-0.25, -0.2) is 17.5 Å². The van der Waals surface area contributed by atoms with Crippen molar-refractivity contribution in [2.24, 2.45) is 0 Å². The van der Waals surface area contributed by atoms with E-state index >= 15 is 0 Å². The van der Waals surface area contributed by atoms with Crippen molar-refractivity contribution in [1.29, 1.82) is 0 Å². The van der Waals surface area contributed by atoms with Gasteiger partial charge in [0.05, 0.1) is 18.9 Å². The fraction of sp³-hybridized carbons (Fsp3) is 0.381. The van der Waals surface area contributed by atoms with Gasteiger partial charge in [-0.3, -0.25) is 4.79 Å². The predicted molar refractivity (Wildman–Crippen MR) is 108 cm³/mol. The Hall–Kier alpha value is -2.29. The van der Waals surface area contributed by atoms with Crippen LogP contribution in [0.25, 0.3) is 0 Å². The zero-order valence-corrected chi connectivity index (χ0v) is 16.9. The number of hydrogen-bond donors (Lipinski definition) is 1. The Labute approximate surface area is 170 Å². The van der Waals surface area contributed by atoms with Crippen molar-refractivity contribution < 1.29 is 22.3 Å². The molecule has 2 aromatic carbocycles. The molecule has 1 aliphatic rings. The van der Waals surface area contributed by atoms with Crippen molar-refractivity contribution in [3.05, 3.63) is 71.5 Å². The Morgan fingerprint density at radius 1 is 1.14 bits per heavy atom. The molecule has 1 atom stereocenters. The number of benzene rings is 2. The van der Waals surface area contributed by atoms with E-state index in [1.54, 1.807) is 11.0 Å². The third-order valence-corrected chi connectivity index (χ3v) is 6.12. The first-order valence-corrected chi connectivity index (χ1v) is 11.2. The zero-order chi connectivity index (χ0) is 20.7. The number of carbonyl (C=O) groups is 1. The van der Waals surface area contributed by atoms with Crippen LogP contribution in [0.5, 0.6) is 0 Å². The van der Waals surface area contributed by atoms with Gasteiger partial charge in [-0.15, -0.1) is 0 Å². The van der Waals surface area contributed by atoms with Gasteiger partial charge in [-0.05, 0) is 18.1 Å². The van der Waals surface area contributed by atoms with Crippen LogP contribution in [-0.4, -0.2) is 45.5 Å². The van der Waals surface area contributed by atoms with E-state index in [0.29, 0.717) is 26.1 Å². The number of halogens is 1. The van der Waals surface area contributed by atoms with Crippen LogP contribution in [0.2, 0.25) is 0 Å². The summed E-state index contributed by atoms with van der Waals surface area (Å²) in [7, 11) is -3.66. The maximum absolute atomic E-state index is 13.6. The van der Waals surface area contributed by atoms with Gasteiger partial charge in [0.15, 0.2) is 0 Å². The van der Waals surface area contributed by atoms with Crippen LogP contribution >= 0.6 is 0 Å². The number of amides is 1. The molecular formula is C21H25FN2O4S. The number of nitrogens with one attached hydrogen (secondary N) is 1. The van der Waals surface area contributed by atoms with Crippen LogP contribution in [-0.2, 0) is 25.3 Å². The molecule has 1 heterocycles. The number of rotatable bonds is 8. The summed E-state index contributed by atoms with van der Waals surface area (Å²) in [5.41, 5.74) is 1.15. The highest BCUT2D eigenvalue weighted by atomic mass is 32.2. The lowest BCUT2D eigenvalue weighted by Gasteiger charge is -2.33. The molecule has 2 aromatic rings. The van der Waals surface area contributed by atoms with Crippen molar-refractivity contribution in [3.63, 3.8) is 0 Å². The minimum atomic E-state index is -3.66. The van der Waals surface area contributed by atoms with Gasteiger partial charge >= 0.3 is 0 Å². The maximum Gasteiger partial charge on any atom is 0.222 e. The summed E-state index contributed by atoms with van der Waals surface area (Å²) in [6.45, 7) is 1.62. The third kappa shape index (κ3) is 6.35. The molecule has 0 bridgehead atoms. The summed E-state index contributed by atoms with van der Waals surface area (Å²) in [6.07, 6.45) is 0.472. The zero-order valence-electron chi connectivity index (χ0n) is 16.1. The molecule has 8 heteroatoms. The lowest BCUT2D eigenvalue weighted by atomic mass is 10.1. The van der Waals surface area contributed by atoms with E-state index in [-0.39, 0.29) is 30.5 Å². The van der Waals surface area contributed by atoms with Gasteiger partial charge in [-0.1, -0.05) is 48.5 Å². The first-order chi connectivity index (χ1) is 13.9. The van der Waals surface area contributed by atoms with E-state index in [1.807, 2.05) is 30.3 Å². The highest BCUT2D eigenvalue weighted by Crippen LogP contribution is 2.22. The summed E-state index contributed by atoms with van der Waals surface area (Å²) in [4.78, 5) is 14.2. The molecule has 0 aliphatic carbocycles. The van der Waals surface area contributed by atoms with Crippen LogP contribution in [0.4, 0.5) is 4.39 Å². The number of nitrogens with zero attached hydrogens (tertiary/aromatic N) is 1. The molecule has 1 N–H and O–H groups in total. The Morgan fingerprint density at radius 3 is 2.62 bits per heavy atom.